The van der Waals surface area contributed by atoms with Crippen molar-refractivity contribution < 1.29 is 28.1 Å². The van der Waals surface area contributed by atoms with Crippen LogP contribution in [0.1, 0.15) is 31.8 Å². The summed E-state index contributed by atoms with van der Waals surface area (Å²) in [5, 5.41) is 15.6. The molecule has 0 saturated carbocycles. The SMILES string of the molecule is CCCc1nc(C)c2c(=O)[nH]c(-c3cc(S(=O)(=O)N4CCN(C(=O)C5=CN(O)ON5C)CC4)ccc3OCC)nn12. The molecule has 2 N–H and O–H groups in total. The Bertz CT molecular complexity index is 1670. The van der Waals surface area contributed by atoms with Crippen LogP contribution in [0.5, 0.6) is 5.75 Å². The Labute approximate surface area is 236 Å². The van der Waals surface area contributed by atoms with Gasteiger partial charge in [-0.3, -0.25) is 14.8 Å². The van der Waals surface area contributed by atoms with E-state index < -0.39 is 21.5 Å². The number of rotatable bonds is 8. The van der Waals surface area contributed by atoms with Gasteiger partial charge >= 0.3 is 0 Å². The predicted molar refractivity (Wildman–Crippen MR) is 145 cm³/mol. The highest BCUT2D eigenvalue weighted by molar-refractivity contribution is 7.89. The van der Waals surface area contributed by atoms with Gasteiger partial charge in [0, 0.05) is 39.6 Å². The van der Waals surface area contributed by atoms with Crippen LogP contribution in [0.2, 0.25) is 0 Å². The topological polar surface area (TPSA) is 166 Å². The van der Waals surface area contributed by atoms with Gasteiger partial charge in [-0.15, -0.1) is 15.3 Å². The van der Waals surface area contributed by atoms with E-state index in [-0.39, 0.29) is 42.6 Å². The number of fused-ring (bicyclic) bond motifs is 1. The fourth-order valence-electron chi connectivity index (χ4n) is 4.89. The first-order valence-electron chi connectivity index (χ1n) is 13.2. The highest BCUT2D eigenvalue weighted by atomic mass is 32.2. The molecule has 15 nitrogen and oxygen atoms in total. The quantitative estimate of drug-likeness (QED) is 0.384. The average Bonchev–Trinajstić information content (AvgIpc) is 3.46. The van der Waals surface area contributed by atoms with E-state index in [0.717, 1.165) is 17.7 Å². The van der Waals surface area contributed by atoms with Crippen LogP contribution in [0, 0.1) is 6.92 Å². The molecule has 220 valence electrons. The molecule has 16 heteroatoms. The third-order valence-corrected chi connectivity index (χ3v) is 8.78. The lowest BCUT2D eigenvalue weighted by molar-refractivity contribution is -0.376. The average molecular weight is 589 g/mol. The second kappa shape index (κ2) is 11.1. The van der Waals surface area contributed by atoms with Gasteiger partial charge in [-0.25, -0.2) is 23.0 Å². The first-order valence-corrected chi connectivity index (χ1v) is 14.7. The van der Waals surface area contributed by atoms with E-state index in [0.29, 0.717) is 46.6 Å². The smallest absolute Gasteiger partial charge is 0.277 e. The number of hydroxylamine groups is 4. The minimum Gasteiger partial charge on any atom is -0.493 e. The van der Waals surface area contributed by atoms with Gasteiger partial charge in [0.15, 0.2) is 17.0 Å². The van der Waals surface area contributed by atoms with Gasteiger partial charge in [0.2, 0.25) is 10.0 Å². The molecule has 1 amide bonds. The number of amides is 1. The molecule has 0 radical (unpaired) electrons. The maximum atomic E-state index is 13.7. The zero-order chi connectivity index (χ0) is 29.5. The van der Waals surface area contributed by atoms with Gasteiger partial charge in [-0.05, 0) is 38.5 Å². The number of hydrogen-bond donors (Lipinski definition) is 2. The number of H-pyrrole nitrogens is 1. The van der Waals surface area contributed by atoms with E-state index in [9.17, 15) is 23.2 Å². The number of piperazine rings is 1. The summed E-state index contributed by atoms with van der Waals surface area (Å²) in [5.74, 6) is 0.765. The van der Waals surface area contributed by atoms with Crippen LogP contribution in [-0.2, 0) is 26.2 Å². The number of aromatic amines is 1. The van der Waals surface area contributed by atoms with Crippen LogP contribution < -0.4 is 10.3 Å². The van der Waals surface area contributed by atoms with Gasteiger partial charge in [0.05, 0.1) is 29.0 Å². The number of imidazole rings is 1. The monoisotopic (exact) mass is 588 g/mol. The Kier molecular flexibility index (Phi) is 7.74. The first kappa shape index (κ1) is 28.5. The molecule has 0 atom stereocenters. The Morgan fingerprint density at radius 2 is 1.93 bits per heavy atom. The molecule has 0 unspecified atom stereocenters. The number of nitrogens with zero attached hydrogens (tertiary/aromatic N) is 7. The third-order valence-electron chi connectivity index (χ3n) is 6.88. The van der Waals surface area contributed by atoms with Crippen molar-refractivity contribution in [3.63, 3.8) is 0 Å². The molecule has 0 spiro atoms. The van der Waals surface area contributed by atoms with Crippen molar-refractivity contribution >= 4 is 21.4 Å². The first-order chi connectivity index (χ1) is 19.5. The number of aryl methyl sites for hydroxylation is 2. The molecule has 2 aliphatic heterocycles. The molecule has 2 aromatic heterocycles. The van der Waals surface area contributed by atoms with E-state index in [2.05, 4.69) is 15.1 Å². The van der Waals surface area contributed by atoms with Crippen LogP contribution >= 0.6 is 0 Å². The summed E-state index contributed by atoms with van der Waals surface area (Å²) in [6, 6.07) is 4.44. The van der Waals surface area contributed by atoms with Gasteiger partial charge in [0.1, 0.15) is 11.6 Å². The van der Waals surface area contributed by atoms with Crippen molar-refractivity contribution in [3.05, 3.63) is 52.0 Å². The summed E-state index contributed by atoms with van der Waals surface area (Å²) in [6.07, 6.45) is 2.56. The molecule has 3 aromatic rings. The second-order valence-electron chi connectivity index (χ2n) is 9.61. The highest BCUT2D eigenvalue weighted by Gasteiger charge is 2.34. The van der Waals surface area contributed by atoms with Crippen molar-refractivity contribution in [3.8, 4) is 17.1 Å². The van der Waals surface area contributed by atoms with Crippen molar-refractivity contribution in [2.24, 2.45) is 0 Å². The normalized spacial score (nSPS) is 16.5. The Morgan fingerprint density at radius 1 is 1.20 bits per heavy atom. The Balaban J connectivity index is 1.45. The van der Waals surface area contributed by atoms with E-state index >= 15 is 0 Å². The summed E-state index contributed by atoms with van der Waals surface area (Å²) in [7, 11) is -2.50. The van der Waals surface area contributed by atoms with Gasteiger partial charge in [-0.2, -0.15) is 4.31 Å². The zero-order valence-corrected chi connectivity index (χ0v) is 24.0. The largest absolute Gasteiger partial charge is 0.493 e. The van der Waals surface area contributed by atoms with Crippen LogP contribution in [0.15, 0.2) is 39.8 Å². The molecular weight excluding hydrogens is 556 g/mol. The molecule has 41 heavy (non-hydrogen) atoms. The number of benzene rings is 1. The molecule has 0 bridgehead atoms. The fourth-order valence-corrected chi connectivity index (χ4v) is 6.34. The van der Waals surface area contributed by atoms with Gasteiger partial charge < -0.3 is 14.6 Å². The zero-order valence-electron chi connectivity index (χ0n) is 23.2. The predicted octanol–water partition coefficient (Wildman–Crippen LogP) is 0.902. The number of aromatic nitrogens is 4. The van der Waals surface area contributed by atoms with E-state index in [4.69, 9.17) is 9.68 Å². The summed E-state index contributed by atoms with van der Waals surface area (Å²) >= 11 is 0. The lowest BCUT2D eigenvalue weighted by Crippen LogP contribution is -2.51. The third kappa shape index (κ3) is 5.26. The summed E-state index contributed by atoms with van der Waals surface area (Å²) < 4.78 is 35.9. The number of ether oxygens (including phenoxy) is 1. The molecule has 5 rings (SSSR count). The number of hydrogen-bond acceptors (Lipinski definition) is 11. The molecule has 4 heterocycles. The fraction of sp³-hybridized carbons (Fsp3) is 0.440. The standard InChI is InChI=1S/C25H32N8O7S/c1-5-7-21-26-16(3)22-24(34)27-23(28-33(21)22)18-14-17(8-9-20(18)39-6-2)41(37,38)31-12-10-30(11-13-31)25(35)19-15-32(36)40-29(19)4/h8-9,14-15,36H,5-7,10-13H2,1-4H3,(H,27,28,34). The van der Waals surface area contributed by atoms with Crippen LogP contribution in [0.4, 0.5) is 0 Å². The number of carbonyl (C=O) groups is 1. The van der Waals surface area contributed by atoms with E-state index in [1.807, 2.05) is 6.92 Å². The number of sulfonamides is 1. The number of likely N-dealkylation sites (N-methyl/N-ethyl adjacent to an activating group) is 1. The molecule has 1 saturated heterocycles. The maximum Gasteiger partial charge on any atom is 0.277 e. The Hall–Kier alpha value is -3.99. The summed E-state index contributed by atoms with van der Waals surface area (Å²) in [5.41, 5.74) is 0.943. The maximum absolute atomic E-state index is 13.7. The van der Waals surface area contributed by atoms with Crippen molar-refractivity contribution in [1.29, 1.82) is 0 Å². The Morgan fingerprint density at radius 3 is 2.56 bits per heavy atom. The minimum absolute atomic E-state index is 0.00312. The lowest BCUT2D eigenvalue weighted by atomic mass is 10.2. The molecule has 2 aliphatic rings. The van der Waals surface area contributed by atoms with Crippen molar-refractivity contribution in [2.45, 2.75) is 38.5 Å². The summed E-state index contributed by atoms with van der Waals surface area (Å²) in [4.78, 5) is 39.5. The van der Waals surface area contributed by atoms with E-state index in [1.165, 1.54) is 32.9 Å². The highest BCUT2D eigenvalue weighted by Crippen LogP contribution is 2.32. The van der Waals surface area contributed by atoms with Crippen LogP contribution in [0.25, 0.3) is 16.9 Å². The molecule has 1 fully saturated rings. The van der Waals surface area contributed by atoms with Crippen molar-refractivity contribution in [1.82, 2.24) is 39.1 Å². The second-order valence-corrected chi connectivity index (χ2v) is 11.5. The minimum atomic E-state index is -3.97. The van der Waals surface area contributed by atoms with Crippen molar-refractivity contribution in [2.75, 3.05) is 39.8 Å². The van der Waals surface area contributed by atoms with Gasteiger partial charge in [-0.1, -0.05) is 6.92 Å². The van der Waals surface area contributed by atoms with Gasteiger partial charge in [0.25, 0.3) is 11.5 Å². The van der Waals surface area contributed by atoms with Crippen LogP contribution in [-0.4, -0.2) is 98.4 Å². The summed E-state index contributed by atoms with van der Waals surface area (Å²) in [6.45, 7) is 6.28. The molecule has 0 aliphatic carbocycles. The molecular formula is C25H32N8O7S. The van der Waals surface area contributed by atoms with E-state index in [1.54, 1.807) is 19.9 Å². The molecule has 1 aromatic carbocycles. The van der Waals surface area contributed by atoms with Crippen LogP contribution in [0.3, 0.4) is 0 Å². The lowest BCUT2D eigenvalue weighted by Gasteiger charge is -2.34. The number of nitrogens with one attached hydrogen (secondary N) is 1. The number of carbonyl (C=O) groups excluding carboxylic acids is 1.